The highest BCUT2D eigenvalue weighted by atomic mass is 32.2. The van der Waals surface area contributed by atoms with Crippen molar-refractivity contribution in [3.63, 3.8) is 0 Å². The van der Waals surface area contributed by atoms with Gasteiger partial charge in [0.2, 0.25) is 16.0 Å². The van der Waals surface area contributed by atoms with E-state index in [4.69, 9.17) is 4.74 Å². The second kappa shape index (κ2) is 6.77. The van der Waals surface area contributed by atoms with Gasteiger partial charge in [-0.2, -0.15) is 15.0 Å². The van der Waals surface area contributed by atoms with Crippen LogP contribution in [0.25, 0.3) is 0 Å². The van der Waals surface area contributed by atoms with Crippen LogP contribution in [0.15, 0.2) is 21.7 Å². The van der Waals surface area contributed by atoms with E-state index in [0.29, 0.717) is 11.8 Å². The zero-order valence-electron chi connectivity index (χ0n) is 12.6. The van der Waals surface area contributed by atoms with E-state index in [-0.39, 0.29) is 16.8 Å². The summed E-state index contributed by atoms with van der Waals surface area (Å²) in [6.07, 6.45) is 2.18. The maximum Gasteiger partial charge on any atom is 0.321 e. The van der Waals surface area contributed by atoms with E-state index in [2.05, 4.69) is 19.7 Å². The zero-order valence-corrected chi connectivity index (χ0v) is 14.2. The van der Waals surface area contributed by atoms with Gasteiger partial charge < -0.3 is 9.64 Å². The molecular weight excluding hydrogens is 338 g/mol. The fourth-order valence-electron chi connectivity index (χ4n) is 2.26. The lowest BCUT2D eigenvalue weighted by molar-refractivity contribution is 0.375. The van der Waals surface area contributed by atoms with Crippen molar-refractivity contribution in [2.75, 3.05) is 25.1 Å². The van der Waals surface area contributed by atoms with Crippen molar-refractivity contribution in [2.24, 2.45) is 0 Å². The standard InChI is InChI=1S/C13H17N5O3S2/c1-21-13-16-10(15-12(17-13)18-6-2-3-7-18)9-14-23(19,20)11-5-4-8-22-11/h4-5,8,14H,2-3,6-7,9H2,1H3. The van der Waals surface area contributed by atoms with Crippen LogP contribution in [0.2, 0.25) is 0 Å². The minimum absolute atomic E-state index is 0.0139. The quantitative estimate of drug-likeness (QED) is 0.826. The Hall–Kier alpha value is -1.78. The molecule has 1 fully saturated rings. The van der Waals surface area contributed by atoms with Gasteiger partial charge >= 0.3 is 6.01 Å². The van der Waals surface area contributed by atoms with E-state index >= 15 is 0 Å². The van der Waals surface area contributed by atoms with Crippen LogP contribution in [-0.4, -0.2) is 43.6 Å². The van der Waals surface area contributed by atoms with Crippen LogP contribution in [0.3, 0.4) is 0 Å². The second-order valence-electron chi connectivity index (χ2n) is 4.99. The Morgan fingerprint density at radius 1 is 1.30 bits per heavy atom. The molecule has 0 radical (unpaired) electrons. The first-order chi connectivity index (χ1) is 11.1. The summed E-state index contributed by atoms with van der Waals surface area (Å²) >= 11 is 1.16. The molecule has 2 aromatic rings. The molecule has 0 bridgehead atoms. The Labute approximate surface area is 138 Å². The first-order valence-electron chi connectivity index (χ1n) is 7.15. The predicted molar refractivity (Wildman–Crippen MR) is 86.2 cm³/mol. The van der Waals surface area contributed by atoms with Gasteiger partial charge in [-0.25, -0.2) is 13.1 Å². The van der Waals surface area contributed by atoms with Crippen LogP contribution in [-0.2, 0) is 16.6 Å². The first kappa shape index (κ1) is 16.1. The second-order valence-corrected chi connectivity index (χ2v) is 7.93. The van der Waals surface area contributed by atoms with Gasteiger partial charge in [0.05, 0.1) is 13.7 Å². The molecule has 0 saturated carbocycles. The van der Waals surface area contributed by atoms with Gasteiger partial charge in [0.25, 0.3) is 0 Å². The zero-order chi connectivity index (χ0) is 16.3. The molecular formula is C13H17N5O3S2. The summed E-state index contributed by atoms with van der Waals surface area (Å²) in [6, 6.07) is 3.43. The summed E-state index contributed by atoms with van der Waals surface area (Å²) in [6.45, 7) is 1.75. The number of ether oxygens (including phenoxy) is 1. The number of sulfonamides is 1. The van der Waals surface area contributed by atoms with Crippen molar-refractivity contribution in [2.45, 2.75) is 23.6 Å². The monoisotopic (exact) mass is 355 g/mol. The average molecular weight is 355 g/mol. The minimum atomic E-state index is -3.55. The number of thiophene rings is 1. The fraction of sp³-hybridized carbons (Fsp3) is 0.462. The topological polar surface area (TPSA) is 97.3 Å². The molecule has 2 aromatic heterocycles. The molecule has 0 atom stereocenters. The van der Waals surface area contributed by atoms with E-state index in [0.717, 1.165) is 37.3 Å². The van der Waals surface area contributed by atoms with Gasteiger partial charge in [0, 0.05) is 13.1 Å². The highest BCUT2D eigenvalue weighted by molar-refractivity contribution is 7.91. The molecule has 0 aromatic carbocycles. The lowest BCUT2D eigenvalue weighted by atomic mass is 10.4. The van der Waals surface area contributed by atoms with Gasteiger partial charge in [-0.1, -0.05) is 6.07 Å². The van der Waals surface area contributed by atoms with Crippen LogP contribution in [0.4, 0.5) is 5.95 Å². The number of nitrogens with zero attached hydrogens (tertiary/aromatic N) is 4. The maximum absolute atomic E-state index is 12.1. The molecule has 124 valence electrons. The summed E-state index contributed by atoms with van der Waals surface area (Å²) in [4.78, 5) is 14.7. The molecule has 0 spiro atoms. The normalized spacial score (nSPS) is 15.1. The molecule has 10 heteroatoms. The van der Waals surface area contributed by atoms with Crippen molar-refractivity contribution in [3.8, 4) is 6.01 Å². The molecule has 3 rings (SSSR count). The van der Waals surface area contributed by atoms with Gasteiger partial charge in [-0.15, -0.1) is 11.3 Å². The Balaban J connectivity index is 1.78. The largest absolute Gasteiger partial charge is 0.467 e. The number of methoxy groups -OCH3 is 1. The van der Waals surface area contributed by atoms with Crippen molar-refractivity contribution in [1.82, 2.24) is 19.7 Å². The molecule has 1 aliphatic heterocycles. The molecule has 23 heavy (non-hydrogen) atoms. The third kappa shape index (κ3) is 3.77. The number of rotatable bonds is 6. The smallest absolute Gasteiger partial charge is 0.321 e. The SMILES string of the molecule is COc1nc(CNS(=O)(=O)c2cccs2)nc(N2CCCC2)n1. The molecule has 3 heterocycles. The Bertz CT molecular complexity index is 758. The Morgan fingerprint density at radius 3 is 2.74 bits per heavy atom. The fourth-order valence-corrected chi connectivity index (χ4v) is 4.28. The Morgan fingerprint density at radius 2 is 2.09 bits per heavy atom. The summed E-state index contributed by atoms with van der Waals surface area (Å²) < 4.78 is 32.2. The summed E-state index contributed by atoms with van der Waals surface area (Å²) in [5.41, 5.74) is 0. The molecule has 8 nitrogen and oxygen atoms in total. The van der Waals surface area contributed by atoms with Crippen LogP contribution in [0.1, 0.15) is 18.7 Å². The molecule has 0 amide bonds. The summed E-state index contributed by atoms with van der Waals surface area (Å²) in [5.74, 6) is 0.860. The Kier molecular flexibility index (Phi) is 4.74. The number of aromatic nitrogens is 3. The number of anilines is 1. The third-order valence-corrected chi connectivity index (χ3v) is 6.20. The lowest BCUT2D eigenvalue weighted by Gasteiger charge is -2.16. The van der Waals surface area contributed by atoms with Gasteiger partial charge in [0.15, 0.2) is 5.82 Å². The van der Waals surface area contributed by atoms with Crippen molar-refractivity contribution in [3.05, 3.63) is 23.3 Å². The van der Waals surface area contributed by atoms with Crippen molar-refractivity contribution in [1.29, 1.82) is 0 Å². The molecule has 0 unspecified atom stereocenters. The van der Waals surface area contributed by atoms with Gasteiger partial charge in [-0.3, -0.25) is 0 Å². The highest BCUT2D eigenvalue weighted by Crippen LogP contribution is 2.19. The van der Waals surface area contributed by atoms with Crippen molar-refractivity contribution >= 4 is 27.3 Å². The maximum atomic E-state index is 12.1. The molecule has 1 saturated heterocycles. The molecule has 1 aliphatic rings. The number of hydrogen-bond donors (Lipinski definition) is 1. The van der Waals surface area contributed by atoms with Crippen LogP contribution < -0.4 is 14.4 Å². The van der Waals surface area contributed by atoms with E-state index < -0.39 is 10.0 Å². The lowest BCUT2D eigenvalue weighted by Crippen LogP contribution is -2.26. The predicted octanol–water partition coefficient (Wildman–Crippen LogP) is 1.02. The summed E-state index contributed by atoms with van der Waals surface area (Å²) in [7, 11) is -2.08. The third-order valence-electron chi connectivity index (χ3n) is 3.40. The minimum Gasteiger partial charge on any atom is -0.467 e. The summed E-state index contributed by atoms with van der Waals surface area (Å²) in [5, 5.41) is 1.71. The van der Waals surface area contributed by atoms with E-state index in [1.165, 1.54) is 7.11 Å². The van der Waals surface area contributed by atoms with E-state index in [9.17, 15) is 8.42 Å². The first-order valence-corrected chi connectivity index (χ1v) is 9.52. The van der Waals surface area contributed by atoms with Crippen LogP contribution in [0, 0.1) is 0 Å². The van der Waals surface area contributed by atoms with Crippen LogP contribution in [0.5, 0.6) is 6.01 Å². The molecule has 1 N–H and O–H groups in total. The molecule has 0 aliphatic carbocycles. The average Bonchev–Trinajstić information content (AvgIpc) is 3.25. The number of hydrogen-bond acceptors (Lipinski definition) is 8. The number of nitrogens with one attached hydrogen (secondary N) is 1. The van der Waals surface area contributed by atoms with Gasteiger partial charge in [-0.05, 0) is 24.3 Å². The highest BCUT2D eigenvalue weighted by Gasteiger charge is 2.19. The van der Waals surface area contributed by atoms with Gasteiger partial charge in [0.1, 0.15) is 4.21 Å². The van der Waals surface area contributed by atoms with Crippen molar-refractivity contribution < 1.29 is 13.2 Å². The van der Waals surface area contributed by atoms with Crippen LogP contribution >= 0.6 is 11.3 Å². The van der Waals surface area contributed by atoms with E-state index in [1.54, 1.807) is 17.5 Å². The van der Waals surface area contributed by atoms with E-state index in [1.807, 2.05) is 4.90 Å².